The van der Waals surface area contributed by atoms with Gasteiger partial charge in [0.15, 0.2) is 0 Å². The molecule has 0 saturated heterocycles. The van der Waals surface area contributed by atoms with Crippen LogP contribution in [0.3, 0.4) is 0 Å². The van der Waals surface area contributed by atoms with Crippen molar-refractivity contribution >= 4 is 11.8 Å². The maximum absolute atomic E-state index is 10.6. The molecule has 0 aliphatic carbocycles. The zero-order valence-electron chi connectivity index (χ0n) is 5.92. The van der Waals surface area contributed by atoms with Crippen molar-refractivity contribution in [2.75, 3.05) is 0 Å². The molecule has 0 heterocycles. The van der Waals surface area contributed by atoms with Crippen LogP contribution < -0.4 is 0 Å². The summed E-state index contributed by atoms with van der Waals surface area (Å²) in [7, 11) is 0. The monoisotopic (exact) mass is 143 g/mol. The summed E-state index contributed by atoms with van der Waals surface area (Å²) in [6, 6.07) is 0. The quantitative estimate of drug-likeness (QED) is 0.327. The Balaban J connectivity index is 4.22. The van der Waals surface area contributed by atoms with Gasteiger partial charge in [-0.15, -0.1) is 0 Å². The second-order valence-electron chi connectivity index (χ2n) is 1.92. The average Bonchev–Trinajstić information content (AvgIpc) is 1.84. The van der Waals surface area contributed by atoms with Gasteiger partial charge in [-0.3, -0.25) is 14.8 Å². The highest BCUT2D eigenvalue weighted by atomic mass is 16.5. The van der Waals surface area contributed by atoms with E-state index in [0.717, 1.165) is 6.92 Å². The molecule has 1 N–H and O–H groups in total. The Morgan fingerprint density at radius 1 is 1.40 bits per heavy atom. The van der Waals surface area contributed by atoms with E-state index in [4.69, 9.17) is 5.21 Å². The van der Waals surface area contributed by atoms with Gasteiger partial charge in [0.1, 0.15) is 0 Å². The number of carbonyl (C=O) groups excluding carboxylic acids is 2. The first-order valence-corrected chi connectivity index (χ1v) is 2.66. The highest BCUT2D eigenvalue weighted by Gasteiger charge is 2.14. The number of nitrogens with zero attached hydrogens (tertiary/aromatic N) is 1. The van der Waals surface area contributed by atoms with Crippen LogP contribution in [0.1, 0.15) is 13.8 Å². The molecule has 0 aromatic heterocycles. The highest BCUT2D eigenvalue weighted by molar-refractivity contribution is 6.01. The Morgan fingerprint density at radius 3 is 1.90 bits per heavy atom. The Kier molecular flexibility index (Phi) is 2.76. The lowest BCUT2D eigenvalue weighted by atomic mass is 10.3. The van der Waals surface area contributed by atoms with Crippen molar-refractivity contribution in [3.05, 3.63) is 12.2 Å². The van der Waals surface area contributed by atoms with Crippen LogP contribution in [0.5, 0.6) is 0 Å². The fourth-order valence-corrected chi connectivity index (χ4v) is 0.324. The lowest BCUT2D eigenvalue weighted by molar-refractivity contribution is -0.174. The summed E-state index contributed by atoms with van der Waals surface area (Å²) in [6.07, 6.45) is 0. The van der Waals surface area contributed by atoms with Crippen LogP contribution in [0.25, 0.3) is 0 Å². The Hall–Kier alpha value is -1.16. The minimum atomic E-state index is -0.771. The van der Waals surface area contributed by atoms with Crippen LogP contribution >= 0.6 is 0 Å². The molecular formula is C6H9NO3. The van der Waals surface area contributed by atoms with Gasteiger partial charge < -0.3 is 0 Å². The summed E-state index contributed by atoms with van der Waals surface area (Å²) >= 11 is 0. The van der Waals surface area contributed by atoms with Gasteiger partial charge in [-0.1, -0.05) is 6.58 Å². The van der Waals surface area contributed by atoms with Gasteiger partial charge >= 0.3 is 0 Å². The maximum Gasteiger partial charge on any atom is 0.279 e. The van der Waals surface area contributed by atoms with Gasteiger partial charge in [0.05, 0.1) is 0 Å². The predicted octanol–water partition coefficient (Wildman–Crippen LogP) is 0.327. The molecule has 4 heteroatoms. The lowest BCUT2D eigenvalue weighted by Gasteiger charge is -2.08. The van der Waals surface area contributed by atoms with Crippen LogP contribution in [0.2, 0.25) is 0 Å². The second-order valence-corrected chi connectivity index (χ2v) is 1.92. The first-order chi connectivity index (χ1) is 4.46. The molecule has 10 heavy (non-hydrogen) atoms. The normalized spacial score (nSPS) is 8.70. The van der Waals surface area contributed by atoms with E-state index >= 15 is 0 Å². The van der Waals surface area contributed by atoms with Gasteiger partial charge in [0.2, 0.25) is 5.91 Å². The van der Waals surface area contributed by atoms with Crippen molar-refractivity contribution in [2.24, 2.45) is 0 Å². The molecule has 0 fully saturated rings. The number of imide groups is 1. The van der Waals surface area contributed by atoms with Crippen molar-refractivity contribution in [3.63, 3.8) is 0 Å². The van der Waals surface area contributed by atoms with Gasteiger partial charge in [-0.25, -0.2) is 0 Å². The number of rotatable bonds is 1. The van der Waals surface area contributed by atoms with E-state index in [2.05, 4.69) is 6.58 Å². The zero-order valence-corrected chi connectivity index (χ0v) is 5.92. The molecule has 0 saturated carbocycles. The van der Waals surface area contributed by atoms with E-state index in [1.54, 1.807) is 0 Å². The molecule has 56 valence electrons. The molecule has 0 rings (SSSR count). The number of hydroxylamine groups is 2. The SMILES string of the molecule is C=C(C)C(=O)N(O)C(C)=O. The zero-order chi connectivity index (χ0) is 8.31. The van der Waals surface area contributed by atoms with Crippen molar-refractivity contribution < 1.29 is 14.8 Å². The minimum absolute atomic E-state index is 0.0301. The van der Waals surface area contributed by atoms with Crippen LogP contribution in [-0.2, 0) is 9.59 Å². The van der Waals surface area contributed by atoms with Gasteiger partial charge in [0, 0.05) is 12.5 Å². The number of amides is 2. The first kappa shape index (κ1) is 8.84. The van der Waals surface area contributed by atoms with Gasteiger partial charge in [-0.2, -0.15) is 5.06 Å². The number of carbonyl (C=O) groups is 2. The van der Waals surface area contributed by atoms with Crippen molar-refractivity contribution in [1.29, 1.82) is 0 Å². The van der Waals surface area contributed by atoms with E-state index in [9.17, 15) is 9.59 Å². The third kappa shape index (κ3) is 1.99. The summed E-state index contributed by atoms with van der Waals surface area (Å²) < 4.78 is 0. The van der Waals surface area contributed by atoms with Crippen LogP contribution in [0.4, 0.5) is 0 Å². The van der Waals surface area contributed by atoms with Gasteiger partial charge in [-0.05, 0) is 6.92 Å². The first-order valence-electron chi connectivity index (χ1n) is 2.66. The summed E-state index contributed by atoms with van der Waals surface area (Å²) in [4.78, 5) is 20.9. The molecular weight excluding hydrogens is 134 g/mol. The molecule has 0 aliphatic rings. The van der Waals surface area contributed by atoms with E-state index < -0.39 is 11.8 Å². The Morgan fingerprint density at radius 2 is 1.80 bits per heavy atom. The van der Waals surface area contributed by atoms with E-state index in [1.807, 2.05) is 0 Å². The Bertz CT molecular complexity index is 185. The topological polar surface area (TPSA) is 57.6 Å². The van der Waals surface area contributed by atoms with Crippen LogP contribution in [-0.4, -0.2) is 22.1 Å². The average molecular weight is 143 g/mol. The van der Waals surface area contributed by atoms with E-state index in [0.29, 0.717) is 0 Å². The lowest BCUT2D eigenvalue weighted by Crippen LogP contribution is -2.31. The molecule has 4 nitrogen and oxygen atoms in total. The fraction of sp³-hybridized carbons (Fsp3) is 0.333. The maximum atomic E-state index is 10.6. The summed E-state index contributed by atoms with van der Waals surface area (Å²) in [5.74, 6) is -1.49. The number of hydrogen-bond acceptors (Lipinski definition) is 3. The molecule has 0 unspecified atom stereocenters. The highest BCUT2D eigenvalue weighted by Crippen LogP contribution is 1.94. The largest absolute Gasteiger partial charge is 0.279 e. The van der Waals surface area contributed by atoms with Gasteiger partial charge in [0.25, 0.3) is 5.91 Å². The van der Waals surface area contributed by atoms with E-state index in [1.165, 1.54) is 6.92 Å². The van der Waals surface area contributed by atoms with Crippen molar-refractivity contribution in [2.45, 2.75) is 13.8 Å². The third-order valence-corrected chi connectivity index (χ3v) is 0.856. The molecule has 0 bridgehead atoms. The Labute approximate surface area is 58.7 Å². The predicted molar refractivity (Wildman–Crippen MR) is 34.1 cm³/mol. The van der Waals surface area contributed by atoms with Crippen LogP contribution in [0.15, 0.2) is 12.2 Å². The molecule has 0 aromatic carbocycles. The van der Waals surface area contributed by atoms with Crippen LogP contribution in [0, 0.1) is 0 Å². The molecule has 0 aliphatic heterocycles. The number of hydrogen-bond donors (Lipinski definition) is 1. The smallest absolute Gasteiger partial charge is 0.278 e. The molecule has 0 aromatic rings. The van der Waals surface area contributed by atoms with Crippen molar-refractivity contribution in [3.8, 4) is 0 Å². The fourth-order valence-electron chi connectivity index (χ4n) is 0.324. The van der Waals surface area contributed by atoms with E-state index in [-0.39, 0.29) is 10.6 Å². The molecule has 2 amide bonds. The summed E-state index contributed by atoms with van der Waals surface area (Å²) in [5, 5.41) is 8.67. The van der Waals surface area contributed by atoms with Crippen molar-refractivity contribution in [1.82, 2.24) is 5.06 Å². The summed E-state index contributed by atoms with van der Waals surface area (Å²) in [6.45, 7) is 5.75. The summed E-state index contributed by atoms with van der Waals surface area (Å²) in [5.41, 5.74) is 0.123. The standard InChI is InChI=1S/C6H9NO3/c1-4(2)6(9)7(10)5(3)8/h10H,1H2,2-3H3. The molecule has 0 atom stereocenters. The molecule has 0 spiro atoms. The molecule has 0 radical (unpaired) electrons. The second kappa shape index (κ2) is 3.12. The third-order valence-electron chi connectivity index (χ3n) is 0.856. The minimum Gasteiger partial charge on any atom is -0.278 e.